The van der Waals surface area contributed by atoms with Crippen molar-refractivity contribution in [2.45, 2.75) is 66.6 Å². The predicted molar refractivity (Wildman–Crippen MR) is 84.9 cm³/mol. The van der Waals surface area contributed by atoms with Crippen LogP contribution in [0.3, 0.4) is 0 Å². The summed E-state index contributed by atoms with van der Waals surface area (Å²) in [4.78, 5) is 12.1. The molecule has 0 aliphatic rings. The molecule has 0 fully saturated rings. The first kappa shape index (κ1) is 18.4. The minimum atomic E-state index is -1.84. The van der Waals surface area contributed by atoms with Crippen molar-refractivity contribution in [1.29, 1.82) is 0 Å². The smallest absolute Gasteiger partial charge is 0.192 e. The minimum Gasteiger partial charge on any atom is -0.409 e. The van der Waals surface area contributed by atoms with Crippen LogP contribution in [-0.2, 0) is 9.22 Å². The van der Waals surface area contributed by atoms with Gasteiger partial charge in [-0.1, -0.05) is 34.6 Å². The Hall–Kier alpha value is -0.633. The minimum absolute atomic E-state index is 0.0461. The van der Waals surface area contributed by atoms with Crippen LogP contribution >= 0.6 is 0 Å². The number of rotatable bonds is 5. The molecule has 0 aliphatic heterocycles. The fourth-order valence-electron chi connectivity index (χ4n) is 1.08. The van der Waals surface area contributed by atoms with Crippen molar-refractivity contribution in [3.63, 3.8) is 0 Å². The van der Waals surface area contributed by atoms with Gasteiger partial charge >= 0.3 is 0 Å². The van der Waals surface area contributed by atoms with Gasteiger partial charge in [0, 0.05) is 5.57 Å². The maximum absolute atomic E-state index is 12.1. The summed E-state index contributed by atoms with van der Waals surface area (Å²) in [5.74, 6) is 0.467. The molecule has 3 heteroatoms. The molecule has 0 N–H and O–H groups in total. The van der Waals surface area contributed by atoms with Gasteiger partial charge in [0.05, 0.1) is 6.61 Å². The molecule has 0 heterocycles. The van der Waals surface area contributed by atoms with Crippen LogP contribution < -0.4 is 0 Å². The Balaban J connectivity index is 4.80. The lowest BCUT2D eigenvalue weighted by Gasteiger charge is -2.35. The molecule has 2 nitrogen and oxygen atoms in total. The monoisotopic (exact) mass is 282 g/mol. The number of carbonyl (C=O) groups excluding carboxylic acids is 1. The van der Waals surface area contributed by atoms with Crippen LogP contribution in [0.4, 0.5) is 0 Å². The number of hydrogen-bond acceptors (Lipinski definition) is 2. The first-order chi connectivity index (χ1) is 8.38. The van der Waals surface area contributed by atoms with E-state index in [0.717, 1.165) is 5.57 Å². The second kappa shape index (κ2) is 6.69. The third-order valence-electron chi connectivity index (χ3n) is 4.04. The molecule has 0 saturated carbocycles. The van der Waals surface area contributed by atoms with E-state index in [1.54, 1.807) is 0 Å². The summed E-state index contributed by atoms with van der Waals surface area (Å²) in [5, 5.41) is 0.134. The van der Waals surface area contributed by atoms with Crippen molar-refractivity contribution in [2.75, 3.05) is 6.61 Å². The maximum atomic E-state index is 12.1. The highest BCUT2D eigenvalue weighted by Gasteiger charge is 2.37. The first-order valence-corrected chi connectivity index (χ1v) is 9.90. The zero-order chi connectivity index (χ0) is 15.4. The Morgan fingerprint density at radius 3 is 2.05 bits per heavy atom. The van der Waals surface area contributed by atoms with Gasteiger partial charge in [-0.2, -0.15) is 0 Å². The van der Waals surface area contributed by atoms with Crippen LogP contribution in [-0.4, -0.2) is 20.7 Å². The molecule has 0 bridgehead atoms. The van der Waals surface area contributed by atoms with Crippen LogP contribution in [0.2, 0.25) is 18.1 Å². The summed E-state index contributed by atoms with van der Waals surface area (Å²) in [5.41, 5.74) is 4.95. The number of ketones is 1. The van der Waals surface area contributed by atoms with E-state index in [1.165, 1.54) is 0 Å². The lowest BCUT2D eigenvalue weighted by molar-refractivity contribution is -0.117. The van der Waals surface area contributed by atoms with Crippen LogP contribution in [0.15, 0.2) is 16.9 Å². The summed E-state index contributed by atoms with van der Waals surface area (Å²) in [7, 11) is -1.84. The number of Topliss-reactive ketones (excluding diaryl/α,β-unsaturated/α-hetero) is 1. The van der Waals surface area contributed by atoms with Gasteiger partial charge < -0.3 is 4.43 Å². The van der Waals surface area contributed by atoms with Crippen molar-refractivity contribution < 1.29 is 9.22 Å². The molecular formula is C16H30O2Si. The van der Waals surface area contributed by atoms with E-state index < -0.39 is 8.32 Å². The van der Waals surface area contributed by atoms with Crippen LogP contribution in [0.1, 0.15) is 48.5 Å². The Morgan fingerprint density at radius 1 is 1.21 bits per heavy atom. The van der Waals surface area contributed by atoms with Crippen LogP contribution in [0, 0.1) is 5.92 Å². The zero-order valence-corrected chi connectivity index (χ0v) is 15.1. The van der Waals surface area contributed by atoms with Gasteiger partial charge in [-0.05, 0) is 43.5 Å². The summed E-state index contributed by atoms with van der Waals surface area (Å²) in [6.07, 6.45) is 0. The van der Waals surface area contributed by atoms with E-state index in [-0.39, 0.29) is 17.4 Å². The third-order valence-corrected chi connectivity index (χ3v) is 8.52. The Kier molecular flexibility index (Phi) is 6.47. The lowest BCUT2D eigenvalue weighted by atomic mass is 10.0. The topological polar surface area (TPSA) is 26.3 Å². The molecule has 0 saturated heterocycles. The molecular weight excluding hydrogens is 252 g/mol. The SMILES string of the molecule is CC(=C=C(C)C(C)C)C(=O)CO[Si](C)(C)C(C)(C)C. The summed E-state index contributed by atoms with van der Waals surface area (Å²) < 4.78 is 5.94. The van der Waals surface area contributed by atoms with Gasteiger partial charge in [-0.25, -0.2) is 0 Å². The molecule has 0 rings (SSSR count). The zero-order valence-electron chi connectivity index (χ0n) is 14.1. The van der Waals surface area contributed by atoms with Crippen molar-refractivity contribution in [3.05, 3.63) is 16.9 Å². The van der Waals surface area contributed by atoms with E-state index in [0.29, 0.717) is 11.5 Å². The van der Waals surface area contributed by atoms with Crippen molar-refractivity contribution >= 4 is 14.1 Å². The molecule has 0 spiro atoms. The fraction of sp³-hybridized carbons (Fsp3) is 0.750. The largest absolute Gasteiger partial charge is 0.409 e. The summed E-state index contributed by atoms with van der Waals surface area (Å²) >= 11 is 0. The predicted octanol–water partition coefficient (Wildman–Crippen LogP) is 4.72. The molecule has 0 atom stereocenters. The molecule has 0 radical (unpaired) electrons. The van der Waals surface area contributed by atoms with E-state index in [2.05, 4.69) is 53.4 Å². The summed E-state index contributed by atoms with van der Waals surface area (Å²) in [6, 6.07) is 0. The molecule has 0 aromatic heterocycles. The van der Waals surface area contributed by atoms with Crippen LogP contribution in [0.25, 0.3) is 0 Å². The molecule has 0 aromatic rings. The van der Waals surface area contributed by atoms with Crippen molar-refractivity contribution in [2.24, 2.45) is 5.92 Å². The third kappa shape index (κ3) is 5.90. The Bertz CT molecular complexity index is 391. The van der Waals surface area contributed by atoms with Gasteiger partial charge in [0.1, 0.15) is 0 Å². The normalized spacial score (nSPS) is 12.3. The second-order valence-electron chi connectivity index (χ2n) is 7.06. The van der Waals surface area contributed by atoms with E-state index in [1.807, 2.05) is 13.8 Å². The quantitative estimate of drug-likeness (QED) is 0.414. The van der Waals surface area contributed by atoms with Gasteiger partial charge in [0.2, 0.25) is 0 Å². The van der Waals surface area contributed by atoms with Gasteiger partial charge in [-0.15, -0.1) is 5.73 Å². The van der Waals surface area contributed by atoms with Gasteiger partial charge in [-0.3, -0.25) is 4.79 Å². The highest BCUT2D eigenvalue weighted by Crippen LogP contribution is 2.36. The Labute approximate surface area is 120 Å². The number of hydrogen-bond donors (Lipinski definition) is 0. The lowest BCUT2D eigenvalue weighted by Crippen LogP contribution is -2.42. The Morgan fingerprint density at radius 2 is 1.68 bits per heavy atom. The average Bonchev–Trinajstić information content (AvgIpc) is 2.23. The second-order valence-corrected chi connectivity index (χ2v) is 11.9. The molecule has 0 aliphatic carbocycles. The number of carbonyl (C=O) groups is 1. The molecule has 110 valence electrons. The average molecular weight is 282 g/mol. The first-order valence-electron chi connectivity index (χ1n) is 6.99. The maximum Gasteiger partial charge on any atom is 0.192 e. The van der Waals surface area contributed by atoms with E-state index >= 15 is 0 Å². The van der Waals surface area contributed by atoms with E-state index in [9.17, 15) is 4.79 Å². The molecule has 19 heavy (non-hydrogen) atoms. The molecule has 0 amide bonds. The van der Waals surface area contributed by atoms with Gasteiger partial charge in [0.25, 0.3) is 0 Å². The fourth-order valence-corrected chi connectivity index (χ4v) is 2.01. The standard InChI is InChI=1S/C16H30O2Si/c1-12(2)13(3)10-14(4)15(17)11-18-19(8,9)16(5,6)7/h12H,11H2,1-9H3. The van der Waals surface area contributed by atoms with Gasteiger partial charge in [0.15, 0.2) is 14.1 Å². The van der Waals surface area contributed by atoms with Crippen LogP contribution in [0.5, 0.6) is 0 Å². The van der Waals surface area contributed by atoms with Crippen molar-refractivity contribution in [1.82, 2.24) is 0 Å². The molecule has 0 unspecified atom stereocenters. The molecule has 0 aromatic carbocycles. The highest BCUT2D eigenvalue weighted by atomic mass is 28.4. The van der Waals surface area contributed by atoms with E-state index in [4.69, 9.17) is 4.43 Å². The van der Waals surface area contributed by atoms with Crippen molar-refractivity contribution in [3.8, 4) is 0 Å². The summed E-state index contributed by atoms with van der Waals surface area (Å²) in [6.45, 7) is 19.1. The highest BCUT2D eigenvalue weighted by molar-refractivity contribution is 6.74.